The molecule has 0 aromatic heterocycles. The molecule has 5 heteroatoms. The topological polar surface area (TPSA) is 32.3 Å². The number of fused-ring (bicyclic) bond motifs is 1. The lowest BCUT2D eigenvalue weighted by Crippen LogP contribution is -2.44. The first-order valence-electron chi connectivity index (χ1n) is 6.96. The second-order valence-electron chi connectivity index (χ2n) is 5.58. The van der Waals surface area contributed by atoms with Crippen molar-refractivity contribution in [3.63, 3.8) is 0 Å². The second kappa shape index (κ2) is 6.55. The molecule has 0 bridgehead atoms. The fourth-order valence-electron chi connectivity index (χ4n) is 3.18. The summed E-state index contributed by atoms with van der Waals surface area (Å²) in [4.78, 5) is 14.2. The van der Waals surface area contributed by atoms with Gasteiger partial charge in [0.2, 0.25) is 5.91 Å². The fraction of sp³-hybridized carbons (Fsp3) is 0.533. The van der Waals surface area contributed by atoms with E-state index in [9.17, 15) is 9.18 Å². The molecule has 3 rings (SSSR count). The highest BCUT2D eigenvalue weighted by atomic mass is 35.5. The van der Waals surface area contributed by atoms with Crippen molar-refractivity contribution in [2.45, 2.75) is 12.8 Å². The van der Waals surface area contributed by atoms with Gasteiger partial charge in [-0.05, 0) is 43.0 Å². The Balaban J connectivity index is 0.00000147. The maximum atomic E-state index is 13.6. The van der Waals surface area contributed by atoms with Gasteiger partial charge in [0.05, 0.1) is 6.42 Å². The molecule has 2 aliphatic heterocycles. The van der Waals surface area contributed by atoms with Gasteiger partial charge in [-0.25, -0.2) is 4.39 Å². The number of halogens is 2. The van der Waals surface area contributed by atoms with Crippen molar-refractivity contribution in [1.29, 1.82) is 0 Å². The van der Waals surface area contributed by atoms with Gasteiger partial charge in [0, 0.05) is 13.1 Å². The molecule has 2 saturated heterocycles. The summed E-state index contributed by atoms with van der Waals surface area (Å²) in [5.74, 6) is 1.07. The first kappa shape index (κ1) is 15.3. The van der Waals surface area contributed by atoms with E-state index in [0.717, 1.165) is 38.5 Å². The number of hydrogen-bond acceptors (Lipinski definition) is 2. The summed E-state index contributed by atoms with van der Waals surface area (Å²) in [5, 5.41) is 3.38. The number of amides is 1. The Labute approximate surface area is 124 Å². The van der Waals surface area contributed by atoms with Crippen LogP contribution in [-0.4, -0.2) is 37.0 Å². The number of piperidine rings is 1. The molecule has 0 saturated carbocycles. The van der Waals surface area contributed by atoms with E-state index in [4.69, 9.17) is 0 Å². The molecule has 2 atom stereocenters. The predicted octanol–water partition coefficient (Wildman–Crippen LogP) is 1.86. The van der Waals surface area contributed by atoms with Crippen molar-refractivity contribution in [3.05, 3.63) is 35.6 Å². The highest BCUT2D eigenvalue weighted by molar-refractivity contribution is 5.85. The number of likely N-dealkylation sites (tertiary alicyclic amines) is 1. The number of nitrogens with one attached hydrogen (secondary N) is 1. The van der Waals surface area contributed by atoms with Crippen LogP contribution in [0.3, 0.4) is 0 Å². The van der Waals surface area contributed by atoms with E-state index >= 15 is 0 Å². The van der Waals surface area contributed by atoms with Gasteiger partial charge in [-0.2, -0.15) is 0 Å². The number of benzene rings is 1. The molecule has 1 aromatic rings. The summed E-state index contributed by atoms with van der Waals surface area (Å²) in [6.45, 7) is 3.73. The second-order valence-corrected chi connectivity index (χ2v) is 5.58. The molecule has 2 fully saturated rings. The molecule has 1 N–H and O–H groups in total. The van der Waals surface area contributed by atoms with Crippen LogP contribution in [0.1, 0.15) is 12.0 Å². The first-order chi connectivity index (χ1) is 9.24. The van der Waals surface area contributed by atoms with Crippen molar-refractivity contribution in [3.8, 4) is 0 Å². The zero-order chi connectivity index (χ0) is 13.2. The third kappa shape index (κ3) is 3.13. The fourth-order valence-corrected chi connectivity index (χ4v) is 3.18. The molecule has 2 unspecified atom stereocenters. The van der Waals surface area contributed by atoms with Gasteiger partial charge in [0.15, 0.2) is 0 Å². The minimum atomic E-state index is -0.284. The molecule has 2 heterocycles. The Hall–Kier alpha value is -1.13. The molecule has 0 aliphatic carbocycles. The minimum Gasteiger partial charge on any atom is -0.342 e. The van der Waals surface area contributed by atoms with Crippen LogP contribution in [0, 0.1) is 17.7 Å². The number of nitrogens with zero attached hydrogens (tertiary/aromatic N) is 1. The Morgan fingerprint density at radius 2 is 2.05 bits per heavy atom. The van der Waals surface area contributed by atoms with Crippen LogP contribution >= 0.6 is 12.4 Å². The zero-order valence-electron chi connectivity index (χ0n) is 11.3. The molecule has 110 valence electrons. The Bertz CT molecular complexity index is 483. The monoisotopic (exact) mass is 298 g/mol. The van der Waals surface area contributed by atoms with E-state index < -0.39 is 0 Å². The van der Waals surface area contributed by atoms with E-state index in [2.05, 4.69) is 5.32 Å². The van der Waals surface area contributed by atoms with Crippen molar-refractivity contribution in [1.82, 2.24) is 10.2 Å². The molecule has 3 nitrogen and oxygen atoms in total. The van der Waals surface area contributed by atoms with Gasteiger partial charge in [-0.15, -0.1) is 12.4 Å². The highest BCUT2D eigenvalue weighted by Crippen LogP contribution is 2.26. The third-order valence-electron chi connectivity index (χ3n) is 4.36. The van der Waals surface area contributed by atoms with E-state index in [-0.39, 0.29) is 30.6 Å². The van der Waals surface area contributed by atoms with Crippen LogP contribution < -0.4 is 5.32 Å². The van der Waals surface area contributed by atoms with Crippen LogP contribution in [0.25, 0.3) is 0 Å². The SMILES string of the molecule is Cl.O=C(Cc1ccccc1F)N1CCC2CNCC2C1. The lowest BCUT2D eigenvalue weighted by molar-refractivity contribution is -0.132. The van der Waals surface area contributed by atoms with Gasteiger partial charge < -0.3 is 10.2 Å². The maximum absolute atomic E-state index is 13.6. The van der Waals surface area contributed by atoms with Crippen LogP contribution in [0.4, 0.5) is 4.39 Å². The third-order valence-corrected chi connectivity index (χ3v) is 4.36. The van der Waals surface area contributed by atoms with Crippen molar-refractivity contribution in [2.75, 3.05) is 26.2 Å². The zero-order valence-corrected chi connectivity index (χ0v) is 12.2. The van der Waals surface area contributed by atoms with Crippen LogP contribution in [0.15, 0.2) is 24.3 Å². The molecule has 20 heavy (non-hydrogen) atoms. The number of rotatable bonds is 2. The summed E-state index contributed by atoms with van der Waals surface area (Å²) in [5.41, 5.74) is 0.499. The summed E-state index contributed by atoms with van der Waals surface area (Å²) >= 11 is 0. The van der Waals surface area contributed by atoms with E-state index in [1.807, 2.05) is 4.90 Å². The van der Waals surface area contributed by atoms with Crippen molar-refractivity contribution < 1.29 is 9.18 Å². The highest BCUT2D eigenvalue weighted by Gasteiger charge is 2.34. The Kier molecular flexibility index (Phi) is 5.00. The average molecular weight is 299 g/mol. The predicted molar refractivity (Wildman–Crippen MR) is 78.4 cm³/mol. The molecule has 2 aliphatic rings. The summed E-state index contributed by atoms with van der Waals surface area (Å²) in [6.07, 6.45) is 1.25. The van der Waals surface area contributed by atoms with E-state index in [1.165, 1.54) is 6.07 Å². The van der Waals surface area contributed by atoms with Crippen LogP contribution in [0.5, 0.6) is 0 Å². The standard InChI is InChI=1S/C15H19FN2O.ClH/c16-14-4-2-1-3-11(14)7-15(19)18-6-5-12-8-17-9-13(12)10-18;/h1-4,12-13,17H,5-10H2;1H. The van der Waals surface area contributed by atoms with E-state index in [0.29, 0.717) is 11.5 Å². The first-order valence-corrected chi connectivity index (χ1v) is 6.96. The van der Waals surface area contributed by atoms with E-state index in [1.54, 1.807) is 18.2 Å². The maximum Gasteiger partial charge on any atom is 0.227 e. The van der Waals surface area contributed by atoms with Gasteiger partial charge in [-0.1, -0.05) is 18.2 Å². The molecule has 1 aromatic carbocycles. The molecular weight excluding hydrogens is 279 g/mol. The largest absolute Gasteiger partial charge is 0.342 e. The summed E-state index contributed by atoms with van der Waals surface area (Å²) < 4.78 is 13.6. The Morgan fingerprint density at radius 3 is 2.85 bits per heavy atom. The van der Waals surface area contributed by atoms with Crippen molar-refractivity contribution >= 4 is 18.3 Å². The summed E-state index contributed by atoms with van der Waals surface area (Å²) in [6, 6.07) is 6.53. The van der Waals surface area contributed by atoms with Gasteiger partial charge >= 0.3 is 0 Å². The summed E-state index contributed by atoms with van der Waals surface area (Å²) in [7, 11) is 0. The quantitative estimate of drug-likeness (QED) is 0.904. The number of carbonyl (C=O) groups excluding carboxylic acids is 1. The number of carbonyl (C=O) groups is 1. The average Bonchev–Trinajstić information content (AvgIpc) is 2.88. The van der Waals surface area contributed by atoms with Crippen LogP contribution in [0.2, 0.25) is 0 Å². The minimum absolute atomic E-state index is 0. The van der Waals surface area contributed by atoms with Crippen LogP contribution in [-0.2, 0) is 11.2 Å². The lowest BCUT2D eigenvalue weighted by Gasteiger charge is -2.34. The van der Waals surface area contributed by atoms with Crippen molar-refractivity contribution in [2.24, 2.45) is 11.8 Å². The molecular formula is C15H20ClFN2O. The molecule has 0 radical (unpaired) electrons. The number of hydrogen-bond donors (Lipinski definition) is 1. The smallest absolute Gasteiger partial charge is 0.227 e. The van der Waals surface area contributed by atoms with Gasteiger partial charge in [-0.3, -0.25) is 4.79 Å². The Morgan fingerprint density at radius 1 is 1.30 bits per heavy atom. The van der Waals surface area contributed by atoms with Gasteiger partial charge in [0.25, 0.3) is 0 Å². The lowest BCUT2D eigenvalue weighted by atomic mass is 9.88. The van der Waals surface area contributed by atoms with Gasteiger partial charge in [0.1, 0.15) is 5.82 Å². The normalized spacial score (nSPS) is 24.9. The molecule has 1 amide bonds. The molecule has 0 spiro atoms.